The third kappa shape index (κ3) is 4.20. The van der Waals surface area contributed by atoms with E-state index in [9.17, 15) is 9.59 Å². The number of carbonyl (C=O) groups excluding carboxylic acids is 1. The molecule has 0 atom stereocenters. The summed E-state index contributed by atoms with van der Waals surface area (Å²) in [5.41, 5.74) is 3.60. The minimum absolute atomic E-state index is 0.141. The maximum atomic E-state index is 13.0. The van der Waals surface area contributed by atoms with Crippen LogP contribution in [-0.4, -0.2) is 30.6 Å². The van der Waals surface area contributed by atoms with Crippen molar-refractivity contribution in [2.45, 2.75) is 19.0 Å². The van der Waals surface area contributed by atoms with Gasteiger partial charge in [-0.1, -0.05) is 42.1 Å². The summed E-state index contributed by atoms with van der Waals surface area (Å²) in [6, 6.07) is 17.4. The van der Waals surface area contributed by atoms with Crippen LogP contribution >= 0.6 is 11.8 Å². The molecule has 4 aromatic rings. The van der Waals surface area contributed by atoms with Gasteiger partial charge in [0.05, 0.1) is 17.1 Å². The largest absolute Gasteiger partial charge is 0.319 e. The molecule has 7 nitrogen and oxygen atoms in total. The average Bonchev–Trinajstić information content (AvgIpc) is 3.32. The lowest BCUT2D eigenvalue weighted by atomic mass is 10.2. The molecule has 0 saturated heterocycles. The first-order valence-corrected chi connectivity index (χ1v) is 10.8. The third-order valence-electron chi connectivity index (χ3n) is 5.04. The second kappa shape index (κ2) is 8.69. The summed E-state index contributed by atoms with van der Waals surface area (Å²) in [6.45, 7) is 3.85. The molecular weight excluding hydrogens is 410 g/mol. The van der Waals surface area contributed by atoms with Crippen molar-refractivity contribution in [1.29, 1.82) is 0 Å². The van der Waals surface area contributed by atoms with E-state index < -0.39 is 0 Å². The third-order valence-corrected chi connectivity index (χ3v) is 6.00. The SMILES string of the molecule is Cc1cccc(-n2ccnc2SCC(=O)Nc2c(C)n(C)n(-c3ccccc3)c2=O)c1. The number of imidazole rings is 1. The van der Waals surface area contributed by atoms with Gasteiger partial charge in [0.1, 0.15) is 5.69 Å². The number of nitrogens with zero attached hydrogens (tertiary/aromatic N) is 4. The highest BCUT2D eigenvalue weighted by Crippen LogP contribution is 2.22. The van der Waals surface area contributed by atoms with Gasteiger partial charge in [0.25, 0.3) is 5.56 Å². The van der Waals surface area contributed by atoms with Crippen molar-refractivity contribution in [3.8, 4) is 11.4 Å². The van der Waals surface area contributed by atoms with Crippen LogP contribution < -0.4 is 10.9 Å². The topological polar surface area (TPSA) is 73.8 Å². The monoisotopic (exact) mass is 433 g/mol. The van der Waals surface area contributed by atoms with Crippen LogP contribution in [0, 0.1) is 13.8 Å². The standard InChI is InChI=1S/C23H23N5O2S/c1-16-8-7-11-19(14-16)27-13-12-24-23(27)31-15-20(29)25-21-17(2)26(3)28(22(21)30)18-9-5-4-6-10-18/h4-14H,15H2,1-3H3,(H,25,29). The van der Waals surface area contributed by atoms with Gasteiger partial charge in [-0.15, -0.1) is 0 Å². The van der Waals surface area contributed by atoms with Crippen LogP contribution in [0.3, 0.4) is 0 Å². The van der Waals surface area contributed by atoms with Gasteiger partial charge in [-0.3, -0.25) is 18.8 Å². The van der Waals surface area contributed by atoms with Gasteiger partial charge in [-0.2, -0.15) is 0 Å². The van der Waals surface area contributed by atoms with Crippen molar-refractivity contribution >= 4 is 23.4 Å². The fourth-order valence-corrected chi connectivity index (χ4v) is 4.16. The fourth-order valence-electron chi connectivity index (χ4n) is 3.39. The predicted octanol–water partition coefficient (Wildman–Crippen LogP) is 3.71. The summed E-state index contributed by atoms with van der Waals surface area (Å²) in [4.78, 5) is 30.0. The van der Waals surface area contributed by atoms with E-state index in [4.69, 9.17) is 0 Å². The van der Waals surface area contributed by atoms with E-state index in [1.54, 1.807) is 22.6 Å². The van der Waals surface area contributed by atoms with Crippen molar-refractivity contribution in [2.24, 2.45) is 7.05 Å². The van der Waals surface area contributed by atoms with Gasteiger partial charge in [0.2, 0.25) is 5.91 Å². The highest BCUT2D eigenvalue weighted by molar-refractivity contribution is 7.99. The van der Waals surface area contributed by atoms with Crippen LogP contribution in [0.2, 0.25) is 0 Å². The molecule has 8 heteroatoms. The molecule has 4 rings (SSSR count). The number of amides is 1. The molecular formula is C23H23N5O2S. The number of hydrogen-bond acceptors (Lipinski definition) is 4. The zero-order valence-corrected chi connectivity index (χ0v) is 18.4. The molecule has 0 spiro atoms. The molecule has 0 aliphatic carbocycles. The minimum atomic E-state index is -0.259. The summed E-state index contributed by atoms with van der Waals surface area (Å²) in [6.07, 6.45) is 3.58. The van der Waals surface area contributed by atoms with Crippen LogP contribution in [0.15, 0.2) is 76.9 Å². The molecule has 0 unspecified atom stereocenters. The van der Waals surface area contributed by atoms with Crippen molar-refractivity contribution in [2.75, 3.05) is 11.1 Å². The maximum absolute atomic E-state index is 13.0. The van der Waals surface area contributed by atoms with Crippen LogP contribution in [0.25, 0.3) is 11.4 Å². The number of aryl methyl sites for hydroxylation is 1. The summed E-state index contributed by atoms with van der Waals surface area (Å²) in [7, 11) is 1.80. The van der Waals surface area contributed by atoms with E-state index in [1.807, 2.05) is 73.1 Å². The van der Waals surface area contributed by atoms with E-state index >= 15 is 0 Å². The number of carbonyl (C=O) groups is 1. The summed E-state index contributed by atoms with van der Waals surface area (Å²) in [5.74, 6) is -0.114. The Morgan fingerprint density at radius 1 is 1.06 bits per heavy atom. The molecule has 31 heavy (non-hydrogen) atoms. The number of para-hydroxylation sites is 1. The summed E-state index contributed by atoms with van der Waals surface area (Å²) >= 11 is 1.33. The van der Waals surface area contributed by atoms with E-state index in [0.717, 1.165) is 16.9 Å². The van der Waals surface area contributed by atoms with Gasteiger partial charge in [0, 0.05) is 25.1 Å². The Kier molecular flexibility index (Phi) is 5.81. The Bertz CT molecular complexity index is 1290. The van der Waals surface area contributed by atoms with Crippen molar-refractivity contribution in [3.05, 3.63) is 88.6 Å². The Balaban J connectivity index is 1.50. The van der Waals surface area contributed by atoms with Crippen molar-refractivity contribution in [3.63, 3.8) is 0 Å². The maximum Gasteiger partial charge on any atom is 0.295 e. The molecule has 0 aliphatic heterocycles. The van der Waals surface area contributed by atoms with Crippen LogP contribution in [-0.2, 0) is 11.8 Å². The molecule has 0 aliphatic rings. The lowest BCUT2D eigenvalue weighted by molar-refractivity contribution is -0.113. The van der Waals surface area contributed by atoms with E-state index in [0.29, 0.717) is 16.5 Å². The molecule has 1 amide bonds. The molecule has 0 radical (unpaired) electrons. The first-order chi connectivity index (χ1) is 15.0. The quantitative estimate of drug-likeness (QED) is 0.471. The Labute approximate surface area is 184 Å². The lowest BCUT2D eigenvalue weighted by Crippen LogP contribution is -2.23. The molecule has 1 N–H and O–H groups in total. The highest BCUT2D eigenvalue weighted by atomic mass is 32.2. The number of aromatic nitrogens is 4. The first-order valence-electron chi connectivity index (χ1n) is 9.83. The second-order valence-electron chi connectivity index (χ2n) is 7.19. The Hall–Kier alpha value is -3.52. The number of hydrogen-bond donors (Lipinski definition) is 1. The van der Waals surface area contributed by atoms with Gasteiger partial charge >= 0.3 is 0 Å². The molecule has 0 bridgehead atoms. The average molecular weight is 434 g/mol. The van der Waals surface area contributed by atoms with Crippen LogP contribution in [0.4, 0.5) is 5.69 Å². The second-order valence-corrected chi connectivity index (χ2v) is 8.13. The fraction of sp³-hybridized carbons (Fsp3) is 0.174. The smallest absolute Gasteiger partial charge is 0.295 e. The summed E-state index contributed by atoms with van der Waals surface area (Å²) in [5, 5.41) is 3.50. The number of nitrogens with one attached hydrogen (secondary N) is 1. The van der Waals surface area contributed by atoms with Gasteiger partial charge in [-0.05, 0) is 43.7 Å². The number of anilines is 1. The number of thioether (sulfide) groups is 1. The van der Waals surface area contributed by atoms with Gasteiger partial charge in [0.15, 0.2) is 5.16 Å². The van der Waals surface area contributed by atoms with E-state index in [-0.39, 0.29) is 17.2 Å². The normalized spacial score (nSPS) is 10.9. The van der Waals surface area contributed by atoms with Crippen LogP contribution in [0.5, 0.6) is 0 Å². The Morgan fingerprint density at radius 3 is 2.55 bits per heavy atom. The highest BCUT2D eigenvalue weighted by Gasteiger charge is 2.18. The zero-order valence-electron chi connectivity index (χ0n) is 17.6. The zero-order chi connectivity index (χ0) is 22.0. The lowest BCUT2D eigenvalue weighted by Gasteiger charge is -2.08. The van der Waals surface area contributed by atoms with Crippen LogP contribution in [0.1, 0.15) is 11.3 Å². The van der Waals surface area contributed by atoms with Gasteiger partial charge < -0.3 is 5.32 Å². The molecule has 2 aromatic heterocycles. The number of rotatable bonds is 6. The predicted molar refractivity (Wildman–Crippen MR) is 123 cm³/mol. The first kappa shape index (κ1) is 20.7. The van der Waals surface area contributed by atoms with Crippen molar-refractivity contribution < 1.29 is 4.79 Å². The van der Waals surface area contributed by atoms with E-state index in [2.05, 4.69) is 16.4 Å². The molecule has 0 saturated carbocycles. The molecule has 2 heterocycles. The molecule has 0 fully saturated rings. The Morgan fingerprint density at radius 2 is 1.81 bits per heavy atom. The minimum Gasteiger partial charge on any atom is -0.319 e. The molecule has 158 valence electrons. The molecule has 2 aromatic carbocycles. The van der Waals surface area contributed by atoms with Crippen molar-refractivity contribution in [1.82, 2.24) is 18.9 Å². The summed E-state index contributed by atoms with van der Waals surface area (Å²) < 4.78 is 5.23. The number of benzene rings is 2. The van der Waals surface area contributed by atoms with E-state index in [1.165, 1.54) is 11.8 Å². The van der Waals surface area contributed by atoms with Gasteiger partial charge in [-0.25, -0.2) is 9.67 Å².